The summed E-state index contributed by atoms with van der Waals surface area (Å²) in [6.45, 7) is 3.54. The molecule has 2 amide bonds. The lowest BCUT2D eigenvalue weighted by Crippen LogP contribution is -2.31. The van der Waals surface area contributed by atoms with Gasteiger partial charge in [-0.15, -0.1) is 10.2 Å². The van der Waals surface area contributed by atoms with Gasteiger partial charge < -0.3 is 5.11 Å². The van der Waals surface area contributed by atoms with Gasteiger partial charge in [0.2, 0.25) is 0 Å². The summed E-state index contributed by atoms with van der Waals surface area (Å²) in [7, 11) is 0. The summed E-state index contributed by atoms with van der Waals surface area (Å²) in [5.41, 5.74) is 0.722. The van der Waals surface area contributed by atoms with Gasteiger partial charge in [0.25, 0.3) is 0 Å². The standard InChI is InChI=1S/C11H9N5O2/c1-7-10(13-11(18)16-14-7)15-12-6-8-4-2-3-5-9(8)17/h2-6,17H,1H2,(H,13,15,18)/b12-6+. The molecule has 0 saturated heterocycles. The Hall–Kier alpha value is -2.83. The first-order chi connectivity index (χ1) is 8.66. The van der Waals surface area contributed by atoms with E-state index in [1.807, 2.05) is 0 Å². The van der Waals surface area contributed by atoms with Gasteiger partial charge in [0, 0.05) is 5.56 Å². The van der Waals surface area contributed by atoms with E-state index >= 15 is 0 Å². The molecule has 0 spiro atoms. The monoisotopic (exact) mass is 243 g/mol. The number of aromatic hydroxyl groups is 1. The van der Waals surface area contributed by atoms with Crippen molar-refractivity contribution in [1.82, 2.24) is 5.32 Å². The maximum Gasteiger partial charge on any atom is 0.365 e. The lowest BCUT2D eigenvalue weighted by atomic mass is 10.2. The molecule has 1 aromatic rings. The summed E-state index contributed by atoms with van der Waals surface area (Å²) in [6, 6.07) is 6.03. The summed E-state index contributed by atoms with van der Waals surface area (Å²) in [6.07, 6.45) is 1.35. The third-order valence-electron chi connectivity index (χ3n) is 2.05. The Bertz CT molecular complexity index is 589. The Balaban J connectivity index is 2.16. The van der Waals surface area contributed by atoms with Gasteiger partial charge in [0.05, 0.1) is 6.21 Å². The largest absolute Gasteiger partial charge is 0.507 e. The van der Waals surface area contributed by atoms with Crippen molar-refractivity contribution in [2.24, 2.45) is 20.4 Å². The minimum absolute atomic E-state index is 0.0904. The highest BCUT2D eigenvalue weighted by atomic mass is 16.3. The summed E-state index contributed by atoms with van der Waals surface area (Å²) >= 11 is 0. The number of para-hydroxylation sites is 1. The van der Waals surface area contributed by atoms with E-state index in [9.17, 15) is 9.90 Å². The number of nitrogens with one attached hydrogen (secondary N) is 1. The lowest BCUT2D eigenvalue weighted by molar-refractivity contribution is 0.251. The van der Waals surface area contributed by atoms with Gasteiger partial charge in [-0.05, 0) is 12.1 Å². The van der Waals surface area contributed by atoms with Crippen LogP contribution in [-0.2, 0) is 0 Å². The zero-order valence-electron chi connectivity index (χ0n) is 9.24. The number of amidine groups is 1. The molecule has 0 saturated carbocycles. The van der Waals surface area contributed by atoms with E-state index in [0.717, 1.165) is 0 Å². The Morgan fingerprint density at radius 3 is 2.89 bits per heavy atom. The van der Waals surface area contributed by atoms with Crippen molar-refractivity contribution in [3.63, 3.8) is 0 Å². The summed E-state index contributed by atoms with van der Waals surface area (Å²) < 4.78 is 0. The molecule has 1 aliphatic heterocycles. The molecule has 90 valence electrons. The van der Waals surface area contributed by atoms with Crippen molar-refractivity contribution in [2.45, 2.75) is 0 Å². The number of urea groups is 1. The van der Waals surface area contributed by atoms with Gasteiger partial charge >= 0.3 is 6.03 Å². The molecule has 0 unspecified atom stereocenters. The first-order valence-corrected chi connectivity index (χ1v) is 4.98. The van der Waals surface area contributed by atoms with E-state index in [1.165, 1.54) is 12.3 Å². The quantitative estimate of drug-likeness (QED) is 0.611. The highest BCUT2D eigenvalue weighted by Crippen LogP contribution is 2.12. The Morgan fingerprint density at radius 2 is 2.11 bits per heavy atom. The third-order valence-corrected chi connectivity index (χ3v) is 2.05. The molecule has 7 heteroatoms. The van der Waals surface area contributed by atoms with Crippen LogP contribution < -0.4 is 5.32 Å². The Kier molecular flexibility index (Phi) is 3.24. The molecular weight excluding hydrogens is 234 g/mol. The van der Waals surface area contributed by atoms with Crippen LogP contribution in [0.25, 0.3) is 0 Å². The number of carbonyl (C=O) groups excluding carboxylic acids is 1. The zero-order valence-corrected chi connectivity index (χ0v) is 9.24. The predicted octanol–water partition coefficient (Wildman–Crippen LogP) is 1.81. The Labute approximate surface area is 102 Å². The molecule has 1 aromatic carbocycles. The number of amides is 2. The van der Waals surface area contributed by atoms with Crippen LogP contribution in [-0.4, -0.2) is 23.2 Å². The molecule has 0 radical (unpaired) electrons. The number of rotatable bonds is 2. The predicted molar refractivity (Wildman–Crippen MR) is 65.7 cm³/mol. The van der Waals surface area contributed by atoms with E-state index < -0.39 is 6.03 Å². The zero-order chi connectivity index (χ0) is 13.0. The van der Waals surface area contributed by atoms with E-state index in [1.54, 1.807) is 18.2 Å². The van der Waals surface area contributed by atoms with Crippen LogP contribution in [0.15, 0.2) is 57.0 Å². The van der Waals surface area contributed by atoms with Gasteiger partial charge in [-0.25, -0.2) is 4.79 Å². The van der Waals surface area contributed by atoms with Crippen molar-refractivity contribution < 1.29 is 9.90 Å². The molecule has 0 bridgehead atoms. The molecule has 7 nitrogen and oxygen atoms in total. The summed E-state index contributed by atoms with van der Waals surface area (Å²) in [4.78, 5) is 10.9. The lowest BCUT2D eigenvalue weighted by Gasteiger charge is -2.06. The van der Waals surface area contributed by atoms with Crippen molar-refractivity contribution >= 4 is 18.1 Å². The molecule has 0 aliphatic carbocycles. The minimum Gasteiger partial charge on any atom is -0.507 e. The topological polar surface area (TPSA) is 98.8 Å². The van der Waals surface area contributed by atoms with Gasteiger partial charge in [0.15, 0.2) is 5.84 Å². The van der Waals surface area contributed by atoms with Crippen LogP contribution in [0.4, 0.5) is 4.79 Å². The van der Waals surface area contributed by atoms with Crippen LogP contribution in [0.3, 0.4) is 0 Å². The number of phenols is 1. The van der Waals surface area contributed by atoms with Gasteiger partial charge in [0.1, 0.15) is 11.4 Å². The van der Waals surface area contributed by atoms with Crippen molar-refractivity contribution in [3.8, 4) is 5.75 Å². The fourth-order valence-corrected chi connectivity index (χ4v) is 1.18. The second-order valence-corrected chi connectivity index (χ2v) is 3.33. The van der Waals surface area contributed by atoms with Gasteiger partial charge in [-0.3, -0.25) is 5.32 Å². The molecule has 1 heterocycles. The van der Waals surface area contributed by atoms with Crippen LogP contribution >= 0.6 is 0 Å². The highest BCUT2D eigenvalue weighted by Gasteiger charge is 2.13. The number of hydrogen-bond donors (Lipinski definition) is 2. The maximum absolute atomic E-state index is 10.9. The van der Waals surface area contributed by atoms with Crippen molar-refractivity contribution in [2.75, 3.05) is 0 Å². The van der Waals surface area contributed by atoms with E-state index in [2.05, 4.69) is 32.3 Å². The number of carbonyl (C=O) groups is 1. The summed E-state index contributed by atoms with van der Waals surface area (Å²) in [5.74, 6) is 0.217. The third kappa shape index (κ3) is 2.64. The maximum atomic E-state index is 10.9. The van der Waals surface area contributed by atoms with E-state index in [0.29, 0.717) is 5.56 Å². The minimum atomic E-state index is -0.626. The smallest absolute Gasteiger partial charge is 0.365 e. The number of hydrogen-bond acceptors (Lipinski definition) is 5. The molecule has 18 heavy (non-hydrogen) atoms. The summed E-state index contributed by atoms with van der Waals surface area (Å²) in [5, 5.41) is 26.0. The van der Waals surface area contributed by atoms with Crippen LogP contribution in [0.2, 0.25) is 0 Å². The molecule has 1 aliphatic rings. The fourth-order valence-electron chi connectivity index (χ4n) is 1.18. The highest BCUT2D eigenvalue weighted by molar-refractivity contribution is 6.08. The number of benzene rings is 1. The number of azo groups is 1. The first kappa shape index (κ1) is 11.6. The van der Waals surface area contributed by atoms with Crippen LogP contribution in [0.1, 0.15) is 5.56 Å². The van der Waals surface area contributed by atoms with E-state index in [-0.39, 0.29) is 17.3 Å². The van der Waals surface area contributed by atoms with E-state index in [4.69, 9.17) is 0 Å². The molecular formula is C11H9N5O2. The average Bonchev–Trinajstić information content (AvgIpc) is 2.36. The molecule has 2 rings (SSSR count). The molecule has 2 N–H and O–H groups in total. The second-order valence-electron chi connectivity index (χ2n) is 3.33. The first-order valence-electron chi connectivity index (χ1n) is 4.98. The number of nitrogens with zero attached hydrogens (tertiary/aromatic N) is 4. The molecule has 0 aromatic heterocycles. The Morgan fingerprint density at radius 1 is 1.33 bits per heavy atom. The SMILES string of the molecule is C=C1N=NC(=O)N/C1=N/N=C/c1ccccc1O. The van der Waals surface area contributed by atoms with Crippen molar-refractivity contribution in [1.29, 1.82) is 0 Å². The second kappa shape index (κ2) is 5.00. The van der Waals surface area contributed by atoms with Crippen LogP contribution in [0, 0.1) is 0 Å². The normalized spacial score (nSPS) is 17.4. The average molecular weight is 243 g/mol. The van der Waals surface area contributed by atoms with Gasteiger partial charge in [-0.1, -0.05) is 23.8 Å². The number of phenolic OH excluding ortho intramolecular Hbond substituents is 1. The van der Waals surface area contributed by atoms with Gasteiger partial charge in [-0.2, -0.15) is 5.10 Å². The molecule has 0 atom stereocenters. The van der Waals surface area contributed by atoms with Crippen molar-refractivity contribution in [3.05, 3.63) is 42.1 Å². The fraction of sp³-hybridized carbons (Fsp3) is 0. The molecule has 0 fully saturated rings. The van der Waals surface area contributed by atoms with Crippen LogP contribution in [0.5, 0.6) is 5.75 Å².